The molecular formula is C12H14N2. The number of aliphatic imine (C=N–C) groups is 1. The van der Waals surface area contributed by atoms with Crippen LogP contribution < -0.4 is 0 Å². The van der Waals surface area contributed by atoms with Gasteiger partial charge in [0.05, 0.1) is 11.1 Å². The van der Waals surface area contributed by atoms with Crippen LogP contribution in [0.4, 0.5) is 0 Å². The zero-order valence-corrected chi connectivity index (χ0v) is 8.54. The minimum Gasteiger partial charge on any atom is -0.361 e. The Kier molecular flexibility index (Phi) is 1.92. The molecule has 0 saturated carbocycles. The molecule has 1 heterocycles. The molecule has 0 spiro atoms. The highest BCUT2D eigenvalue weighted by molar-refractivity contribution is 5.83. The van der Waals surface area contributed by atoms with E-state index in [0.29, 0.717) is 0 Å². The van der Waals surface area contributed by atoms with Gasteiger partial charge in [0.25, 0.3) is 0 Å². The number of para-hydroxylation sites is 1. The smallest absolute Gasteiger partial charge is 0.0813 e. The monoisotopic (exact) mass is 186 g/mol. The van der Waals surface area contributed by atoms with Crippen LogP contribution in [0.1, 0.15) is 19.4 Å². The molecule has 2 rings (SSSR count). The van der Waals surface area contributed by atoms with Gasteiger partial charge in [0.2, 0.25) is 0 Å². The molecule has 0 aliphatic heterocycles. The Hall–Kier alpha value is -1.57. The molecule has 0 atom stereocenters. The standard InChI is InChI=1S/C12H14N2/c1-12(2,13-3)10-6-4-5-9-7-8-14-11(9)10/h4-8,14H,3H2,1-2H3. The Morgan fingerprint density at radius 3 is 2.79 bits per heavy atom. The highest BCUT2D eigenvalue weighted by atomic mass is 14.8. The highest BCUT2D eigenvalue weighted by Gasteiger charge is 2.20. The maximum Gasteiger partial charge on any atom is 0.0813 e. The van der Waals surface area contributed by atoms with E-state index >= 15 is 0 Å². The summed E-state index contributed by atoms with van der Waals surface area (Å²) < 4.78 is 0. The van der Waals surface area contributed by atoms with E-state index in [1.807, 2.05) is 6.20 Å². The second-order valence-electron chi connectivity index (χ2n) is 3.96. The second-order valence-corrected chi connectivity index (χ2v) is 3.96. The molecule has 2 heteroatoms. The number of hydrogen-bond acceptors (Lipinski definition) is 1. The van der Waals surface area contributed by atoms with Gasteiger partial charge in [0, 0.05) is 11.8 Å². The number of benzene rings is 1. The minimum atomic E-state index is -0.232. The van der Waals surface area contributed by atoms with Crippen LogP contribution in [0.3, 0.4) is 0 Å². The van der Waals surface area contributed by atoms with Crippen LogP contribution in [0.5, 0.6) is 0 Å². The fraction of sp³-hybridized carbons (Fsp3) is 0.250. The summed E-state index contributed by atoms with van der Waals surface area (Å²) in [6.07, 6.45) is 1.95. The van der Waals surface area contributed by atoms with E-state index in [1.54, 1.807) is 0 Å². The van der Waals surface area contributed by atoms with E-state index in [4.69, 9.17) is 0 Å². The van der Waals surface area contributed by atoms with E-state index < -0.39 is 0 Å². The zero-order valence-electron chi connectivity index (χ0n) is 8.54. The number of rotatable bonds is 2. The molecule has 14 heavy (non-hydrogen) atoms. The molecule has 0 saturated heterocycles. The molecule has 1 aromatic carbocycles. The molecule has 0 aliphatic rings. The van der Waals surface area contributed by atoms with Crippen LogP contribution in [0, 0.1) is 0 Å². The van der Waals surface area contributed by atoms with Gasteiger partial charge in [-0.05, 0) is 32.0 Å². The fourth-order valence-electron chi connectivity index (χ4n) is 1.68. The lowest BCUT2D eigenvalue weighted by molar-refractivity contribution is 0.567. The van der Waals surface area contributed by atoms with Crippen LogP contribution in [-0.2, 0) is 5.54 Å². The Morgan fingerprint density at radius 2 is 2.07 bits per heavy atom. The molecule has 2 aromatic rings. The van der Waals surface area contributed by atoms with Crippen molar-refractivity contribution in [2.45, 2.75) is 19.4 Å². The first-order valence-corrected chi connectivity index (χ1v) is 4.69. The predicted octanol–water partition coefficient (Wildman–Crippen LogP) is 3.10. The van der Waals surface area contributed by atoms with Crippen molar-refractivity contribution in [3.05, 3.63) is 36.0 Å². The summed E-state index contributed by atoms with van der Waals surface area (Å²) in [4.78, 5) is 7.39. The highest BCUT2D eigenvalue weighted by Crippen LogP contribution is 2.29. The second kappa shape index (κ2) is 2.98. The molecule has 0 aliphatic carbocycles. The van der Waals surface area contributed by atoms with Crippen molar-refractivity contribution in [2.24, 2.45) is 4.99 Å². The van der Waals surface area contributed by atoms with E-state index in [2.05, 4.69) is 54.8 Å². The predicted molar refractivity (Wildman–Crippen MR) is 60.9 cm³/mol. The Labute approximate surface area is 83.7 Å². The zero-order chi connectivity index (χ0) is 10.2. The molecule has 1 aromatic heterocycles. The third kappa shape index (κ3) is 1.23. The average molecular weight is 186 g/mol. The van der Waals surface area contributed by atoms with Gasteiger partial charge >= 0.3 is 0 Å². The SMILES string of the molecule is C=NC(C)(C)c1cccc2cc[nH]c12. The summed E-state index contributed by atoms with van der Waals surface area (Å²) in [5.41, 5.74) is 2.12. The van der Waals surface area contributed by atoms with Gasteiger partial charge in [-0.15, -0.1) is 0 Å². The first-order valence-electron chi connectivity index (χ1n) is 4.69. The van der Waals surface area contributed by atoms with E-state index in [1.165, 1.54) is 10.9 Å². The summed E-state index contributed by atoms with van der Waals surface area (Å²) in [5.74, 6) is 0. The van der Waals surface area contributed by atoms with Crippen LogP contribution >= 0.6 is 0 Å². The Balaban J connectivity index is 2.73. The number of fused-ring (bicyclic) bond motifs is 1. The maximum absolute atomic E-state index is 4.15. The van der Waals surface area contributed by atoms with Crippen LogP contribution in [0.2, 0.25) is 0 Å². The van der Waals surface area contributed by atoms with Gasteiger partial charge in [-0.2, -0.15) is 0 Å². The first-order chi connectivity index (χ1) is 6.65. The molecule has 0 bridgehead atoms. The average Bonchev–Trinajstić information content (AvgIpc) is 2.64. The largest absolute Gasteiger partial charge is 0.361 e. The number of nitrogens with one attached hydrogen (secondary N) is 1. The number of hydrogen-bond donors (Lipinski definition) is 1. The topological polar surface area (TPSA) is 28.1 Å². The van der Waals surface area contributed by atoms with Crippen molar-refractivity contribution in [1.82, 2.24) is 4.98 Å². The van der Waals surface area contributed by atoms with Gasteiger partial charge in [-0.1, -0.05) is 18.2 Å². The van der Waals surface area contributed by atoms with Crippen molar-refractivity contribution in [1.29, 1.82) is 0 Å². The molecule has 0 unspecified atom stereocenters. The number of aromatic nitrogens is 1. The maximum atomic E-state index is 4.15. The van der Waals surface area contributed by atoms with E-state index in [0.717, 1.165) is 5.52 Å². The lowest BCUT2D eigenvalue weighted by Gasteiger charge is -2.20. The van der Waals surface area contributed by atoms with Gasteiger partial charge in [-0.3, -0.25) is 4.99 Å². The lowest BCUT2D eigenvalue weighted by atomic mass is 9.93. The summed E-state index contributed by atoms with van der Waals surface area (Å²) in [6, 6.07) is 8.30. The number of H-pyrrole nitrogens is 1. The van der Waals surface area contributed by atoms with Crippen LogP contribution in [-0.4, -0.2) is 11.7 Å². The van der Waals surface area contributed by atoms with E-state index in [-0.39, 0.29) is 5.54 Å². The van der Waals surface area contributed by atoms with Gasteiger partial charge in [-0.25, -0.2) is 0 Å². The summed E-state index contributed by atoms with van der Waals surface area (Å²) in [7, 11) is 0. The van der Waals surface area contributed by atoms with E-state index in [9.17, 15) is 0 Å². The summed E-state index contributed by atoms with van der Waals surface area (Å²) in [6.45, 7) is 7.77. The van der Waals surface area contributed by atoms with Crippen molar-refractivity contribution in [2.75, 3.05) is 0 Å². The van der Waals surface area contributed by atoms with Crippen LogP contribution in [0.25, 0.3) is 10.9 Å². The molecule has 0 amide bonds. The third-order valence-electron chi connectivity index (χ3n) is 2.64. The quantitative estimate of drug-likeness (QED) is 0.698. The normalized spacial score (nSPS) is 11.9. The number of nitrogens with zero attached hydrogens (tertiary/aromatic N) is 1. The van der Waals surface area contributed by atoms with Crippen molar-refractivity contribution in [3.8, 4) is 0 Å². The molecular weight excluding hydrogens is 172 g/mol. The number of aromatic amines is 1. The van der Waals surface area contributed by atoms with Gasteiger partial charge in [0.1, 0.15) is 0 Å². The molecule has 0 fully saturated rings. The van der Waals surface area contributed by atoms with Crippen molar-refractivity contribution < 1.29 is 0 Å². The van der Waals surface area contributed by atoms with Crippen molar-refractivity contribution >= 4 is 17.6 Å². The molecule has 72 valence electrons. The molecule has 0 radical (unpaired) electrons. The summed E-state index contributed by atoms with van der Waals surface area (Å²) in [5, 5.41) is 1.22. The Morgan fingerprint density at radius 1 is 1.29 bits per heavy atom. The summed E-state index contributed by atoms with van der Waals surface area (Å²) >= 11 is 0. The van der Waals surface area contributed by atoms with Gasteiger partial charge in [0.15, 0.2) is 0 Å². The lowest BCUT2D eigenvalue weighted by Crippen LogP contribution is -2.13. The van der Waals surface area contributed by atoms with Crippen LogP contribution in [0.15, 0.2) is 35.5 Å². The minimum absolute atomic E-state index is 0.232. The third-order valence-corrected chi connectivity index (χ3v) is 2.64. The fourth-order valence-corrected chi connectivity index (χ4v) is 1.68. The first kappa shape index (κ1) is 9.00. The molecule has 2 nitrogen and oxygen atoms in total. The van der Waals surface area contributed by atoms with Crippen molar-refractivity contribution in [3.63, 3.8) is 0 Å². The molecule has 1 N–H and O–H groups in total. The Bertz CT molecular complexity index is 466. The van der Waals surface area contributed by atoms with Gasteiger partial charge < -0.3 is 4.98 Å².